The average Bonchev–Trinajstić information content (AvgIpc) is 2.41. The Bertz CT molecular complexity index is 419. The van der Waals surface area contributed by atoms with Gasteiger partial charge in [0.1, 0.15) is 5.54 Å². The minimum atomic E-state index is -0.708. The van der Waals surface area contributed by atoms with E-state index in [9.17, 15) is 4.79 Å². The van der Waals surface area contributed by atoms with Gasteiger partial charge in [-0.2, -0.15) is 0 Å². The van der Waals surface area contributed by atoms with Gasteiger partial charge in [0.15, 0.2) is 0 Å². The highest BCUT2D eigenvalue weighted by Crippen LogP contribution is 2.23. The maximum Gasteiger partial charge on any atom is 0.242 e. The van der Waals surface area contributed by atoms with E-state index < -0.39 is 5.54 Å². The van der Waals surface area contributed by atoms with Crippen LogP contribution >= 0.6 is 11.6 Å². The normalized spacial score (nSPS) is 13.8. The fourth-order valence-corrected chi connectivity index (χ4v) is 2.31. The molecule has 0 aliphatic rings. The summed E-state index contributed by atoms with van der Waals surface area (Å²) in [5.41, 5.74) is 5.72. The van der Waals surface area contributed by atoms with Gasteiger partial charge in [0.25, 0.3) is 0 Å². The molecule has 0 radical (unpaired) electrons. The van der Waals surface area contributed by atoms with Crippen molar-refractivity contribution in [2.75, 3.05) is 5.32 Å². The molecule has 0 aromatic heterocycles. The lowest BCUT2D eigenvalue weighted by atomic mass is 9.92. The van der Waals surface area contributed by atoms with Crippen LogP contribution in [0.25, 0.3) is 0 Å². The van der Waals surface area contributed by atoms with Crippen molar-refractivity contribution < 1.29 is 4.79 Å². The number of amides is 1. The second-order valence-electron chi connectivity index (χ2n) is 5.49. The molecule has 1 atom stereocenters. The summed E-state index contributed by atoms with van der Waals surface area (Å²) in [5, 5.41) is 3.92. The maximum absolute atomic E-state index is 11.7. The smallest absolute Gasteiger partial charge is 0.242 e. The van der Waals surface area contributed by atoms with Crippen LogP contribution in [0.4, 0.5) is 5.69 Å². The summed E-state index contributed by atoms with van der Waals surface area (Å²) < 4.78 is 0. The van der Waals surface area contributed by atoms with Crippen molar-refractivity contribution in [2.45, 2.75) is 57.9 Å². The van der Waals surface area contributed by atoms with Crippen LogP contribution in [-0.2, 0) is 4.79 Å². The number of primary amides is 1. The summed E-state index contributed by atoms with van der Waals surface area (Å²) >= 11 is 5.86. The van der Waals surface area contributed by atoms with Gasteiger partial charge in [0.05, 0.1) is 0 Å². The fraction of sp³-hybridized carbons (Fsp3) is 0.562. The summed E-state index contributed by atoms with van der Waals surface area (Å²) in [7, 11) is 0. The van der Waals surface area contributed by atoms with E-state index in [4.69, 9.17) is 17.3 Å². The number of rotatable bonds is 9. The first kappa shape index (κ1) is 16.8. The third-order valence-electron chi connectivity index (χ3n) is 3.59. The third kappa shape index (κ3) is 5.41. The van der Waals surface area contributed by atoms with Crippen molar-refractivity contribution >= 4 is 23.2 Å². The number of nitrogens with two attached hydrogens (primary N) is 1. The van der Waals surface area contributed by atoms with Gasteiger partial charge in [-0.25, -0.2) is 0 Å². The van der Waals surface area contributed by atoms with Gasteiger partial charge < -0.3 is 11.1 Å². The molecule has 0 bridgehead atoms. The third-order valence-corrected chi connectivity index (χ3v) is 3.84. The molecule has 0 aliphatic heterocycles. The van der Waals surface area contributed by atoms with Crippen molar-refractivity contribution in [3.8, 4) is 0 Å². The SMILES string of the molecule is CCCCCCCC(C)(Nc1ccc(Cl)cc1)C(N)=O. The summed E-state index contributed by atoms with van der Waals surface area (Å²) in [4.78, 5) is 11.7. The maximum atomic E-state index is 11.7. The molecular weight excluding hydrogens is 272 g/mol. The number of hydrogen-bond acceptors (Lipinski definition) is 2. The summed E-state index contributed by atoms with van der Waals surface area (Å²) in [6, 6.07) is 7.32. The van der Waals surface area contributed by atoms with Crippen molar-refractivity contribution in [3.63, 3.8) is 0 Å². The number of unbranched alkanes of at least 4 members (excludes halogenated alkanes) is 4. The highest BCUT2D eigenvalue weighted by Gasteiger charge is 2.30. The monoisotopic (exact) mass is 296 g/mol. The number of carbonyl (C=O) groups is 1. The molecule has 112 valence electrons. The van der Waals surface area contributed by atoms with Crippen LogP contribution in [-0.4, -0.2) is 11.4 Å². The standard InChI is InChI=1S/C16H25ClN2O/c1-3-4-5-6-7-12-16(2,15(18)20)19-14-10-8-13(17)9-11-14/h8-11,19H,3-7,12H2,1-2H3,(H2,18,20). The molecule has 1 unspecified atom stereocenters. The minimum Gasteiger partial charge on any atom is -0.371 e. The lowest BCUT2D eigenvalue weighted by molar-refractivity contribution is -0.122. The van der Waals surface area contributed by atoms with E-state index in [-0.39, 0.29) is 5.91 Å². The predicted molar refractivity (Wildman–Crippen MR) is 86.1 cm³/mol. The molecule has 1 aromatic carbocycles. The molecule has 0 heterocycles. The molecule has 3 nitrogen and oxygen atoms in total. The van der Waals surface area contributed by atoms with E-state index in [0.717, 1.165) is 24.9 Å². The fourth-order valence-electron chi connectivity index (χ4n) is 2.18. The lowest BCUT2D eigenvalue weighted by Crippen LogP contribution is -2.47. The van der Waals surface area contributed by atoms with E-state index in [1.54, 1.807) is 12.1 Å². The average molecular weight is 297 g/mol. The molecule has 1 rings (SSSR count). The van der Waals surface area contributed by atoms with Gasteiger partial charge in [-0.1, -0.05) is 50.6 Å². The Balaban J connectivity index is 2.57. The Morgan fingerprint density at radius 2 is 1.80 bits per heavy atom. The molecule has 0 saturated heterocycles. The van der Waals surface area contributed by atoms with E-state index in [1.165, 1.54) is 19.3 Å². The Morgan fingerprint density at radius 1 is 1.20 bits per heavy atom. The zero-order chi connectivity index (χ0) is 15.0. The topological polar surface area (TPSA) is 55.1 Å². The van der Waals surface area contributed by atoms with Crippen molar-refractivity contribution in [1.29, 1.82) is 0 Å². The van der Waals surface area contributed by atoms with E-state index in [0.29, 0.717) is 5.02 Å². The van der Waals surface area contributed by atoms with Crippen LogP contribution in [0.2, 0.25) is 5.02 Å². The first-order chi connectivity index (χ1) is 9.48. The van der Waals surface area contributed by atoms with Gasteiger partial charge in [0.2, 0.25) is 5.91 Å². The second kappa shape index (κ2) is 8.15. The van der Waals surface area contributed by atoms with Crippen molar-refractivity contribution in [2.24, 2.45) is 5.73 Å². The number of anilines is 1. The molecular formula is C16H25ClN2O. The molecule has 4 heteroatoms. The van der Waals surface area contributed by atoms with Crippen molar-refractivity contribution in [3.05, 3.63) is 29.3 Å². The highest BCUT2D eigenvalue weighted by molar-refractivity contribution is 6.30. The first-order valence-corrected chi connectivity index (χ1v) is 7.69. The molecule has 20 heavy (non-hydrogen) atoms. The lowest BCUT2D eigenvalue weighted by Gasteiger charge is -2.28. The van der Waals surface area contributed by atoms with E-state index in [2.05, 4.69) is 12.2 Å². The minimum absolute atomic E-state index is 0.317. The van der Waals surface area contributed by atoms with Crippen LogP contribution < -0.4 is 11.1 Å². The van der Waals surface area contributed by atoms with E-state index >= 15 is 0 Å². The molecule has 1 aromatic rings. The molecule has 3 N–H and O–H groups in total. The van der Waals surface area contributed by atoms with Gasteiger partial charge in [-0.3, -0.25) is 4.79 Å². The van der Waals surface area contributed by atoms with Gasteiger partial charge in [-0.15, -0.1) is 0 Å². The molecule has 0 aliphatic carbocycles. The first-order valence-electron chi connectivity index (χ1n) is 7.31. The van der Waals surface area contributed by atoms with Crippen LogP contribution in [0.15, 0.2) is 24.3 Å². The largest absolute Gasteiger partial charge is 0.371 e. The van der Waals surface area contributed by atoms with Gasteiger partial charge in [0, 0.05) is 10.7 Å². The van der Waals surface area contributed by atoms with Crippen LogP contribution in [0.5, 0.6) is 0 Å². The number of hydrogen-bond donors (Lipinski definition) is 2. The van der Waals surface area contributed by atoms with Gasteiger partial charge >= 0.3 is 0 Å². The predicted octanol–water partition coefficient (Wildman–Crippen LogP) is 4.36. The van der Waals surface area contributed by atoms with Gasteiger partial charge in [-0.05, 0) is 37.6 Å². The van der Waals surface area contributed by atoms with Crippen molar-refractivity contribution in [1.82, 2.24) is 0 Å². The van der Waals surface area contributed by atoms with Crippen LogP contribution in [0.3, 0.4) is 0 Å². The Labute approximate surface area is 126 Å². The molecule has 0 spiro atoms. The summed E-state index contributed by atoms with van der Waals surface area (Å²) in [5.74, 6) is -0.317. The van der Waals surface area contributed by atoms with E-state index in [1.807, 2.05) is 19.1 Å². The number of carbonyl (C=O) groups excluding carboxylic acids is 1. The number of nitrogens with one attached hydrogen (secondary N) is 1. The molecule has 0 fully saturated rings. The number of benzene rings is 1. The summed E-state index contributed by atoms with van der Waals surface area (Å²) in [6.07, 6.45) is 6.56. The Morgan fingerprint density at radius 3 is 2.35 bits per heavy atom. The zero-order valence-corrected chi connectivity index (χ0v) is 13.2. The molecule has 1 amide bonds. The van der Waals surface area contributed by atoms with Crippen LogP contribution in [0, 0.1) is 0 Å². The Hall–Kier alpha value is -1.22. The molecule has 0 saturated carbocycles. The Kier molecular flexibility index (Phi) is 6.86. The second-order valence-corrected chi connectivity index (χ2v) is 5.93. The highest BCUT2D eigenvalue weighted by atomic mass is 35.5. The number of halogens is 1. The van der Waals surface area contributed by atoms with Crippen LogP contribution in [0.1, 0.15) is 52.4 Å². The quantitative estimate of drug-likeness (QED) is 0.665. The summed E-state index contributed by atoms with van der Waals surface area (Å²) in [6.45, 7) is 4.05. The zero-order valence-electron chi connectivity index (χ0n) is 12.4.